The van der Waals surface area contributed by atoms with Gasteiger partial charge in [0, 0.05) is 24.0 Å². The molecule has 0 heterocycles. The zero-order valence-electron chi connectivity index (χ0n) is 22.5. The average molecular weight is 609 g/mol. The second kappa shape index (κ2) is 14.0. The molecular weight excluding hydrogens is 576 g/mol. The monoisotopic (exact) mass is 607 g/mol. The molecule has 7 nitrogen and oxygen atoms in total. The maximum absolute atomic E-state index is 14.0. The lowest BCUT2D eigenvalue weighted by Crippen LogP contribution is -2.54. The maximum atomic E-state index is 14.0. The lowest BCUT2D eigenvalue weighted by atomic mass is 10.0. The first-order valence-electron chi connectivity index (χ1n) is 12.7. The number of anilines is 1. The molecule has 1 N–H and O–H groups in total. The van der Waals surface area contributed by atoms with Gasteiger partial charge >= 0.3 is 0 Å². The molecule has 0 aliphatic heterocycles. The molecule has 2 atom stereocenters. The number of carbonyl (C=O) groups is 2. The van der Waals surface area contributed by atoms with Crippen molar-refractivity contribution in [3.63, 3.8) is 0 Å². The predicted octanol–water partition coefficient (Wildman–Crippen LogP) is 5.45. The Morgan fingerprint density at radius 1 is 0.975 bits per heavy atom. The summed E-state index contributed by atoms with van der Waals surface area (Å²) in [6, 6.07) is 17.9. The number of nitrogens with one attached hydrogen (secondary N) is 1. The minimum Gasteiger partial charge on any atom is -0.352 e. The van der Waals surface area contributed by atoms with Crippen LogP contribution < -0.4 is 9.62 Å². The van der Waals surface area contributed by atoms with Crippen molar-refractivity contribution in [3.8, 4) is 0 Å². The third-order valence-corrected chi connectivity index (χ3v) is 8.06. The fraction of sp³-hybridized carbons (Fsp3) is 0.310. The molecule has 3 aromatic rings. The summed E-state index contributed by atoms with van der Waals surface area (Å²) in [5, 5.41) is 3.30. The van der Waals surface area contributed by atoms with Gasteiger partial charge < -0.3 is 10.2 Å². The predicted molar refractivity (Wildman–Crippen MR) is 157 cm³/mol. The van der Waals surface area contributed by atoms with Gasteiger partial charge in [-0.05, 0) is 54.8 Å². The van der Waals surface area contributed by atoms with E-state index in [1.165, 1.54) is 47.4 Å². The molecule has 40 heavy (non-hydrogen) atoms. The van der Waals surface area contributed by atoms with E-state index >= 15 is 0 Å². The van der Waals surface area contributed by atoms with Gasteiger partial charge in [-0.15, -0.1) is 0 Å². The first-order valence-corrected chi connectivity index (χ1v) is 15.3. The average Bonchev–Trinajstić information content (AvgIpc) is 2.90. The molecule has 11 heteroatoms. The van der Waals surface area contributed by atoms with E-state index in [0.29, 0.717) is 17.0 Å². The van der Waals surface area contributed by atoms with Crippen LogP contribution >= 0.6 is 23.2 Å². The summed E-state index contributed by atoms with van der Waals surface area (Å²) < 4.78 is 40.2. The van der Waals surface area contributed by atoms with Crippen molar-refractivity contribution in [3.05, 3.63) is 99.8 Å². The first kappa shape index (κ1) is 31.4. The van der Waals surface area contributed by atoms with E-state index in [1.807, 2.05) is 44.2 Å². The molecule has 3 aromatic carbocycles. The molecule has 0 radical (unpaired) electrons. The summed E-state index contributed by atoms with van der Waals surface area (Å²) in [5.74, 6) is -1.47. The number of amides is 2. The van der Waals surface area contributed by atoms with E-state index in [1.54, 1.807) is 0 Å². The summed E-state index contributed by atoms with van der Waals surface area (Å²) in [6.07, 6.45) is 1.82. The van der Waals surface area contributed by atoms with Gasteiger partial charge in [-0.3, -0.25) is 13.9 Å². The van der Waals surface area contributed by atoms with Crippen molar-refractivity contribution in [1.29, 1.82) is 0 Å². The second-order valence-electron chi connectivity index (χ2n) is 9.54. The number of sulfonamides is 1. The first-order chi connectivity index (χ1) is 18.9. The van der Waals surface area contributed by atoms with Crippen LogP contribution in [0.2, 0.25) is 10.0 Å². The largest absolute Gasteiger partial charge is 0.352 e. The van der Waals surface area contributed by atoms with Crippen molar-refractivity contribution in [2.45, 2.75) is 45.3 Å². The van der Waals surface area contributed by atoms with Crippen molar-refractivity contribution >= 4 is 50.7 Å². The van der Waals surface area contributed by atoms with Gasteiger partial charge in [-0.1, -0.05) is 72.6 Å². The van der Waals surface area contributed by atoms with Gasteiger partial charge in [0.1, 0.15) is 18.4 Å². The lowest BCUT2D eigenvalue weighted by Gasteiger charge is -2.34. The third kappa shape index (κ3) is 8.68. The molecular formula is C29H32Cl2FN3O4S. The Bertz CT molecular complexity index is 1420. The van der Waals surface area contributed by atoms with Crippen LogP contribution in [-0.4, -0.2) is 50.0 Å². The summed E-state index contributed by atoms with van der Waals surface area (Å²) in [4.78, 5) is 29.0. The summed E-state index contributed by atoms with van der Waals surface area (Å²) >= 11 is 12.3. The van der Waals surface area contributed by atoms with Crippen LogP contribution in [-0.2, 0) is 32.6 Å². The number of nitrogens with zero attached hydrogens (tertiary/aromatic N) is 2. The zero-order valence-corrected chi connectivity index (χ0v) is 24.8. The highest BCUT2D eigenvalue weighted by molar-refractivity contribution is 7.92. The van der Waals surface area contributed by atoms with Crippen LogP contribution in [0.3, 0.4) is 0 Å². The van der Waals surface area contributed by atoms with E-state index in [2.05, 4.69) is 5.32 Å². The van der Waals surface area contributed by atoms with Crippen LogP contribution in [0.25, 0.3) is 0 Å². The van der Waals surface area contributed by atoms with Crippen LogP contribution in [0.1, 0.15) is 31.4 Å². The number of halogens is 3. The molecule has 0 fully saturated rings. The van der Waals surface area contributed by atoms with Gasteiger partial charge in [-0.2, -0.15) is 0 Å². The fourth-order valence-corrected chi connectivity index (χ4v) is 5.48. The number of carbonyl (C=O) groups excluding carboxylic acids is 2. The van der Waals surface area contributed by atoms with Crippen molar-refractivity contribution < 1.29 is 22.4 Å². The minimum absolute atomic E-state index is 0.0474. The second-order valence-corrected chi connectivity index (χ2v) is 12.3. The smallest absolute Gasteiger partial charge is 0.244 e. The van der Waals surface area contributed by atoms with Crippen LogP contribution in [0.4, 0.5) is 10.1 Å². The Kier molecular flexibility index (Phi) is 11.0. The Hall–Kier alpha value is -3.14. The fourth-order valence-electron chi connectivity index (χ4n) is 4.06. The molecule has 0 spiro atoms. The highest BCUT2D eigenvalue weighted by Crippen LogP contribution is 2.30. The Labute approximate surface area is 244 Å². The van der Waals surface area contributed by atoms with Crippen LogP contribution in [0.15, 0.2) is 72.8 Å². The number of rotatable bonds is 12. The number of hydrogen-bond donors (Lipinski definition) is 1. The highest BCUT2D eigenvalue weighted by Gasteiger charge is 2.33. The van der Waals surface area contributed by atoms with Gasteiger partial charge in [0.15, 0.2) is 0 Å². The molecule has 0 unspecified atom stereocenters. The maximum Gasteiger partial charge on any atom is 0.244 e. The summed E-state index contributed by atoms with van der Waals surface area (Å²) in [7, 11) is -3.98. The third-order valence-electron chi connectivity index (χ3n) is 6.40. The summed E-state index contributed by atoms with van der Waals surface area (Å²) in [5.41, 5.74) is 1.45. The van der Waals surface area contributed by atoms with E-state index in [4.69, 9.17) is 23.2 Å². The number of hydrogen-bond acceptors (Lipinski definition) is 4. The molecule has 0 aromatic heterocycles. The van der Waals surface area contributed by atoms with E-state index in [-0.39, 0.29) is 35.6 Å². The molecule has 0 saturated heterocycles. The molecule has 0 saturated carbocycles. The van der Waals surface area contributed by atoms with Crippen molar-refractivity contribution in [2.75, 3.05) is 17.1 Å². The van der Waals surface area contributed by atoms with Crippen LogP contribution in [0.5, 0.6) is 0 Å². The number of benzene rings is 3. The topological polar surface area (TPSA) is 86.8 Å². The molecule has 214 valence electrons. The van der Waals surface area contributed by atoms with Crippen molar-refractivity contribution in [1.82, 2.24) is 10.2 Å². The van der Waals surface area contributed by atoms with Crippen molar-refractivity contribution in [2.24, 2.45) is 0 Å². The highest BCUT2D eigenvalue weighted by atomic mass is 35.5. The molecule has 2 amide bonds. The zero-order chi connectivity index (χ0) is 29.4. The van der Waals surface area contributed by atoms with E-state index in [9.17, 15) is 22.4 Å². The standard InChI is InChI=1S/C29H32Cl2FN3O4S/c1-4-20(2)33-29(37)27(16-21-8-6-5-7-9-21)34(18-22-10-13-24(32)14-11-22)28(36)19-35(40(3,38)39)26-15-12-23(30)17-25(26)31/h5-15,17,20,27H,4,16,18-19H2,1-3H3,(H,33,37)/t20-,27+/m0/s1. The molecule has 3 rings (SSSR count). The van der Waals surface area contributed by atoms with Gasteiger partial charge in [-0.25, -0.2) is 12.8 Å². The van der Waals surface area contributed by atoms with Crippen LogP contribution in [0, 0.1) is 5.82 Å². The van der Waals surface area contributed by atoms with Gasteiger partial charge in [0.2, 0.25) is 21.8 Å². The Morgan fingerprint density at radius 3 is 2.20 bits per heavy atom. The Morgan fingerprint density at radius 2 is 1.62 bits per heavy atom. The minimum atomic E-state index is -3.98. The van der Waals surface area contributed by atoms with Gasteiger partial charge in [0.25, 0.3) is 0 Å². The normalized spacial score (nSPS) is 12.8. The molecule has 0 bridgehead atoms. The van der Waals surface area contributed by atoms with Gasteiger partial charge in [0.05, 0.1) is 17.0 Å². The SMILES string of the molecule is CC[C@H](C)NC(=O)[C@@H](Cc1ccccc1)N(Cc1ccc(F)cc1)C(=O)CN(c1ccc(Cl)cc1Cl)S(C)(=O)=O. The lowest BCUT2D eigenvalue weighted by molar-refractivity contribution is -0.140. The van der Waals surface area contributed by atoms with E-state index in [0.717, 1.165) is 16.1 Å². The quantitative estimate of drug-likeness (QED) is 0.296. The Balaban J connectivity index is 2.07. The summed E-state index contributed by atoms with van der Waals surface area (Å²) in [6.45, 7) is 3.11. The molecule has 0 aliphatic carbocycles. The molecule has 0 aliphatic rings. The van der Waals surface area contributed by atoms with E-state index < -0.39 is 34.3 Å².